The van der Waals surface area contributed by atoms with E-state index in [1.807, 2.05) is 6.20 Å². The zero-order chi connectivity index (χ0) is 16.6. The number of nitrogens with one attached hydrogen (secondary N) is 1. The molecule has 1 aliphatic carbocycles. The Morgan fingerprint density at radius 3 is 2.75 bits per heavy atom. The molecule has 0 radical (unpaired) electrons. The van der Waals surface area contributed by atoms with Gasteiger partial charge in [0.25, 0.3) is 0 Å². The van der Waals surface area contributed by atoms with Crippen LogP contribution in [0.15, 0.2) is 42.7 Å². The summed E-state index contributed by atoms with van der Waals surface area (Å²) in [6.45, 7) is 3.08. The number of anilines is 1. The van der Waals surface area contributed by atoms with Crippen LogP contribution in [0.4, 0.5) is 5.95 Å². The van der Waals surface area contributed by atoms with E-state index < -0.39 is 0 Å². The highest BCUT2D eigenvalue weighted by Crippen LogP contribution is 2.30. The number of hydrogen-bond donors (Lipinski definition) is 1. The highest BCUT2D eigenvalue weighted by Gasteiger charge is 2.17. The van der Waals surface area contributed by atoms with E-state index in [1.165, 1.54) is 37.7 Å². The molecule has 1 aromatic heterocycles. The minimum Gasteiger partial charge on any atom is -0.356 e. The maximum absolute atomic E-state index is 4.51. The zero-order valence-corrected chi connectivity index (χ0v) is 14.8. The van der Waals surface area contributed by atoms with E-state index in [9.17, 15) is 0 Å². The second kappa shape index (κ2) is 8.88. The molecule has 4 nitrogen and oxygen atoms in total. The van der Waals surface area contributed by atoms with Gasteiger partial charge < -0.3 is 14.8 Å². The van der Waals surface area contributed by atoms with Gasteiger partial charge in [-0.05, 0) is 38.4 Å². The average molecular weight is 326 g/mol. The van der Waals surface area contributed by atoms with E-state index in [0.717, 1.165) is 32.0 Å². The van der Waals surface area contributed by atoms with Crippen LogP contribution in [0.1, 0.15) is 50.1 Å². The lowest BCUT2D eigenvalue weighted by Crippen LogP contribution is -2.22. The Labute approximate surface area is 145 Å². The molecule has 1 aliphatic rings. The third kappa shape index (κ3) is 4.84. The summed E-state index contributed by atoms with van der Waals surface area (Å²) in [5.41, 5.74) is 1.38. The third-order valence-corrected chi connectivity index (χ3v) is 4.93. The maximum atomic E-state index is 4.51. The first-order valence-corrected chi connectivity index (χ1v) is 9.32. The topological polar surface area (TPSA) is 33.1 Å². The molecule has 0 atom stereocenters. The Morgan fingerprint density at radius 2 is 1.96 bits per heavy atom. The third-order valence-electron chi connectivity index (χ3n) is 4.93. The Morgan fingerprint density at radius 1 is 1.17 bits per heavy atom. The minimum absolute atomic E-state index is 0.643. The number of benzene rings is 1. The smallest absolute Gasteiger partial charge is 0.203 e. The van der Waals surface area contributed by atoms with Crippen LogP contribution in [0.3, 0.4) is 0 Å². The van der Waals surface area contributed by atoms with Crippen molar-refractivity contribution in [1.82, 2.24) is 14.5 Å². The van der Waals surface area contributed by atoms with Crippen LogP contribution in [0.5, 0.6) is 0 Å². The molecule has 130 valence electrons. The summed E-state index contributed by atoms with van der Waals surface area (Å²) in [6.07, 6.45) is 11.9. The van der Waals surface area contributed by atoms with Gasteiger partial charge >= 0.3 is 0 Å². The highest BCUT2D eigenvalue weighted by molar-refractivity contribution is 5.26. The first-order valence-electron chi connectivity index (χ1n) is 9.32. The van der Waals surface area contributed by atoms with Crippen LogP contribution in [-0.4, -0.2) is 34.6 Å². The molecule has 2 aromatic rings. The minimum atomic E-state index is 0.643. The lowest BCUT2D eigenvalue weighted by Gasteiger charge is -2.25. The summed E-state index contributed by atoms with van der Waals surface area (Å²) in [4.78, 5) is 6.89. The zero-order valence-electron chi connectivity index (χ0n) is 14.8. The van der Waals surface area contributed by atoms with Gasteiger partial charge in [-0.25, -0.2) is 4.98 Å². The summed E-state index contributed by atoms with van der Waals surface area (Å²) in [7, 11) is 2.19. The molecule has 24 heavy (non-hydrogen) atoms. The molecular weight excluding hydrogens is 296 g/mol. The SMILES string of the molecule is CN(CCCNc1nccn1C1CCCCC1)Cc1ccccc1. The summed E-state index contributed by atoms with van der Waals surface area (Å²) in [6, 6.07) is 11.3. The normalized spacial score (nSPS) is 15.8. The average Bonchev–Trinajstić information content (AvgIpc) is 3.09. The number of imidazole rings is 1. The summed E-state index contributed by atoms with van der Waals surface area (Å²) >= 11 is 0. The van der Waals surface area contributed by atoms with Gasteiger partial charge in [0.1, 0.15) is 0 Å². The Balaban J connectivity index is 1.40. The fraction of sp³-hybridized carbons (Fsp3) is 0.550. The first kappa shape index (κ1) is 17.0. The molecule has 1 aromatic carbocycles. The van der Waals surface area contributed by atoms with Gasteiger partial charge in [-0.1, -0.05) is 49.6 Å². The Hall–Kier alpha value is -1.81. The molecule has 3 rings (SSSR count). The van der Waals surface area contributed by atoms with E-state index in [-0.39, 0.29) is 0 Å². The lowest BCUT2D eigenvalue weighted by molar-refractivity contribution is 0.325. The number of nitrogens with zero attached hydrogens (tertiary/aromatic N) is 3. The molecule has 1 N–H and O–H groups in total. The maximum Gasteiger partial charge on any atom is 0.203 e. The van der Waals surface area contributed by atoms with Crippen molar-refractivity contribution >= 4 is 5.95 Å². The molecule has 0 saturated heterocycles. The Bertz CT molecular complexity index is 587. The summed E-state index contributed by atoms with van der Waals surface area (Å²) < 4.78 is 2.35. The predicted octanol–water partition coefficient (Wildman–Crippen LogP) is 4.32. The van der Waals surface area contributed by atoms with Crippen molar-refractivity contribution in [3.8, 4) is 0 Å². The molecule has 1 heterocycles. The van der Waals surface area contributed by atoms with Gasteiger partial charge in [0.2, 0.25) is 5.95 Å². The van der Waals surface area contributed by atoms with Crippen LogP contribution in [0, 0.1) is 0 Å². The van der Waals surface area contributed by atoms with Crippen molar-refractivity contribution in [3.05, 3.63) is 48.3 Å². The van der Waals surface area contributed by atoms with Gasteiger partial charge in [-0.2, -0.15) is 0 Å². The van der Waals surface area contributed by atoms with E-state index in [2.05, 4.69) is 63.3 Å². The Kier molecular flexibility index (Phi) is 6.30. The van der Waals surface area contributed by atoms with E-state index >= 15 is 0 Å². The van der Waals surface area contributed by atoms with Crippen LogP contribution in [-0.2, 0) is 6.54 Å². The van der Waals surface area contributed by atoms with Gasteiger partial charge in [-0.3, -0.25) is 0 Å². The summed E-state index contributed by atoms with van der Waals surface area (Å²) in [5, 5.41) is 3.53. The highest BCUT2D eigenvalue weighted by atomic mass is 15.2. The molecule has 0 amide bonds. The van der Waals surface area contributed by atoms with Crippen molar-refractivity contribution in [2.24, 2.45) is 0 Å². The van der Waals surface area contributed by atoms with Gasteiger partial charge in [0.05, 0.1) is 0 Å². The quantitative estimate of drug-likeness (QED) is 0.733. The second-order valence-corrected chi connectivity index (χ2v) is 6.95. The molecule has 0 unspecified atom stereocenters. The standard InChI is InChI=1S/C20H30N4/c1-23(17-18-9-4-2-5-10-18)15-8-13-21-20-22-14-16-24(20)19-11-6-3-7-12-19/h2,4-5,9-10,14,16,19H,3,6-8,11-13,15,17H2,1H3,(H,21,22). The van der Waals surface area contributed by atoms with E-state index in [4.69, 9.17) is 0 Å². The monoisotopic (exact) mass is 326 g/mol. The van der Waals surface area contributed by atoms with E-state index in [1.54, 1.807) is 0 Å². The number of aromatic nitrogens is 2. The molecule has 4 heteroatoms. The largest absolute Gasteiger partial charge is 0.356 e. The summed E-state index contributed by atoms with van der Waals surface area (Å²) in [5.74, 6) is 1.05. The van der Waals surface area contributed by atoms with Gasteiger partial charge in [-0.15, -0.1) is 0 Å². The fourth-order valence-electron chi connectivity index (χ4n) is 3.63. The van der Waals surface area contributed by atoms with Crippen LogP contribution >= 0.6 is 0 Å². The van der Waals surface area contributed by atoms with E-state index in [0.29, 0.717) is 6.04 Å². The lowest BCUT2D eigenvalue weighted by atomic mass is 9.95. The van der Waals surface area contributed by atoms with Crippen molar-refractivity contribution in [1.29, 1.82) is 0 Å². The molecule has 0 aliphatic heterocycles. The molecule has 1 fully saturated rings. The van der Waals surface area contributed by atoms with Crippen molar-refractivity contribution < 1.29 is 0 Å². The predicted molar refractivity (Wildman–Crippen MR) is 100 cm³/mol. The van der Waals surface area contributed by atoms with Crippen LogP contribution < -0.4 is 5.32 Å². The first-order chi connectivity index (χ1) is 11.8. The number of rotatable bonds is 8. The molecular formula is C20H30N4. The van der Waals surface area contributed by atoms with Crippen LogP contribution in [0.25, 0.3) is 0 Å². The van der Waals surface area contributed by atoms with Gasteiger partial charge in [0.15, 0.2) is 0 Å². The van der Waals surface area contributed by atoms with Gasteiger partial charge in [0, 0.05) is 31.5 Å². The fourth-order valence-corrected chi connectivity index (χ4v) is 3.63. The molecule has 0 spiro atoms. The molecule has 0 bridgehead atoms. The second-order valence-electron chi connectivity index (χ2n) is 6.95. The van der Waals surface area contributed by atoms with Crippen LogP contribution in [0.2, 0.25) is 0 Å². The molecule has 1 saturated carbocycles. The van der Waals surface area contributed by atoms with Crippen molar-refractivity contribution in [3.63, 3.8) is 0 Å². The number of hydrogen-bond acceptors (Lipinski definition) is 3. The van der Waals surface area contributed by atoms with Crippen molar-refractivity contribution in [2.75, 3.05) is 25.5 Å². The van der Waals surface area contributed by atoms with Crippen molar-refractivity contribution in [2.45, 2.75) is 51.1 Å².